The van der Waals surface area contributed by atoms with Crippen LogP contribution < -0.4 is 5.32 Å². The molecular weight excluding hydrogens is 260 g/mol. The molecule has 0 amide bonds. The SMILES string of the molecule is COCc1ccc(CN2CCC(NCC3CC3)CC2)cc1. The summed E-state index contributed by atoms with van der Waals surface area (Å²) in [4.78, 5) is 2.58. The average molecular weight is 288 g/mol. The molecule has 3 rings (SSSR count). The van der Waals surface area contributed by atoms with E-state index in [1.807, 2.05) is 0 Å². The maximum atomic E-state index is 5.16. The molecule has 0 bridgehead atoms. The van der Waals surface area contributed by atoms with E-state index >= 15 is 0 Å². The number of hydrogen-bond acceptors (Lipinski definition) is 3. The summed E-state index contributed by atoms with van der Waals surface area (Å²) in [7, 11) is 1.75. The Labute approximate surface area is 128 Å². The lowest BCUT2D eigenvalue weighted by Gasteiger charge is -2.32. The van der Waals surface area contributed by atoms with Gasteiger partial charge in [0.15, 0.2) is 0 Å². The Balaban J connectivity index is 1.39. The predicted octanol–water partition coefficient (Wildman–Crippen LogP) is 2.80. The Morgan fingerprint density at radius 1 is 1.05 bits per heavy atom. The molecule has 2 fully saturated rings. The minimum absolute atomic E-state index is 0.707. The van der Waals surface area contributed by atoms with Crippen molar-refractivity contribution < 1.29 is 4.74 Å². The van der Waals surface area contributed by atoms with Gasteiger partial charge in [0.05, 0.1) is 6.61 Å². The van der Waals surface area contributed by atoms with Crippen LogP contribution in [0.4, 0.5) is 0 Å². The van der Waals surface area contributed by atoms with Crippen LogP contribution in [0.25, 0.3) is 0 Å². The van der Waals surface area contributed by atoms with E-state index in [2.05, 4.69) is 34.5 Å². The number of ether oxygens (including phenoxy) is 1. The van der Waals surface area contributed by atoms with Crippen molar-refractivity contribution in [3.63, 3.8) is 0 Å². The van der Waals surface area contributed by atoms with Gasteiger partial charge in [0, 0.05) is 19.7 Å². The third-order valence-corrected chi connectivity index (χ3v) is 4.72. The van der Waals surface area contributed by atoms with Crippen molar-refractivity contribution in [1.29, 1.82) is 0 Å². The van der Waals surface area contributed by atoms with Gasteiger partial charge in [0.2, 0.25) is 0 Å². The van der Waals surface area contributed by atoms with Crippen LogP contribution in [-0.2, 0) is 17.9 Å². The van der Waals surface area contributed by atoms with E-state index in [9.17, 15) is 0 Å². The minimum atomic E-state index is 0.707. The van der Waals surface area contributed by atoms with Gasteiger partial charge in [0.25, 0.3) is 0 Å². The number of methoxy groups -OCH3 is 1. The van der Waals surface area contributed by atoms with Crippen LogP contribution in [0.3, 0.4) is 0 Å². The molecule has 0 unspecified atom stereocenters. The number of nitrogens with zero attached hydrogens (tertiary/aromatic N) is 1. The first-order chi connectivity index (χ1) is 10.3. The Morgan fingerprint density at radius 2 is 1.71 bits per heavy atom. The summed E-state index contributed by atoms with van der Waals surface area (Å²) in [6, 6.07) is 9.61. The van der Waals surface area contributed by atoms with Gasteiger partial charge < -0.3 is 10.1 Å². The number of likely N-dealkylation sites (tertiary alicyclic amines) is 1. The second-order valence-electron chi connectivity index (χ2n) is 6.65. The van der Waals surface area contributed by atoms with Crippen LogP contribution in [-0.4, -0.2) is 37.7 Å². The normalized spacial score (nSPS) is 20.8. The van der Waals surface area contributed by atoms with Gasteiger partial charge in [-0.2, -0.15) is 0 Å². The Morgan fingerprint density at radius 3 is 2.33 bits per heavy atom. The maximum Gasteiger partial charge on any atom is 0.0713 e. The molecule has 3 nitrogen and oxygen atoms in total. The molecule has 0 radical (unpaired) electrons. The summed E-state index contributed by atoms with van der Waals surface area (Å²) >= 11 is 0. The monoisotopic (exact) mass is 288 g/mol. The zero-order valence-electron chi connectivity index (χ0n) is 13.2. The molecule has 1 aromatic rings. The number of benzene rings is 1. The highest BCUT2D eigenvalue weighted by Crippen LogP contribution is 2.28. The topological polar surface area (TPSA) is 24.5 Å². The molecule has 3 heteroatoms. The van der Waals surface area contributed by atoms with Crippen molar-refractivity contribution in [3.05, 3.63) is 35.4 Å². The molecule has 1 saturated carbocycles. The lowest BCUT2D eigenvalue weighted by molar-refractivity contribution is 0.184. The molecular formula is C18H28N2O. The third-order valence-electron chi connectivity index (χ3n) is 4.72. The summed E-state index contributed by atoms with van der Waals surface area (Å²) in [6.45, 7) is 5.50. The van der Waals surface area contributed by atoms with Gasteiger partial charge in [0.1, 0.15) is 0 Å². The van der Waals surface area contributed by atoms with Gasteiger partial charge >= 0.3 is 0 Å². The first-order valence-electron chi connectivity index (χ1n) is 8.36. The highest BCUT2D eigenvalue weighted by molar-refractivity contribution is 5.22. The lowest BCUT2D eigenvalue weighted by atomic mass is 10.0. The average Bonchev–Trinajstić information content (AvgIpc) is 3.33. The van der Waals surface area contributed by atoms with Crippen LogP contribution >= 0.6 is 0 Å². The smallest absolute Gasteiger partial charge is 0.0713 e. The number of piperidine rings is 1. The highest BCUT2D eigenvalue weighted by Gasteiger charge is 2.24. The van der Waals surface area contributed by atoms with Crippen LogP contribution in [0, 0.1) is 5.92 Å². The predicted molar refractivity (Wildman–Crippen MR) is 86.2 cm³/mol. The van der Waals surface area contributed by atoms with Gasteiger partial charge in [-0.1, -0.05) is 24.3 Å². The van der Waals surface area contributed by atoms with Crippen molar-refractivity contribution in [2.24, 2.45) is 5.92 Å². The van der Waals surface area contributed by atoms with Crippen LogP contribution in [0.5, 0.6) is 0 Å². The van der Waals surface area contributed by atoms with Crippen molar-refractivity contribution >= 4 is 0 Å². The fourth-order valence-electron chi connectivity index (χ4n) is 3.12. The zero-order valence-corrected chi connectivity index (χ0v) is 13.2. The Hall–Kier alpha value is -0.900. The summed E-state index contributed by atoms with van der Waals surface area (Å²) in [5, 5.41) is 3.75. The van der Waals surface area contributed by atoms with Gasteiger partial charge in [-0.25, -0.2) is 0 Å². The van der Waals surface area contributed by atoms with E-state index < -0.39 is 0 Å². The fourth-order valence-corrected chi connectivity index (χ4v) is 3.12. The minimum Gasteiger partial charge on any atom is -0.380 e. The molecule has 116 valence electrons. The molecule has 1 aromatic carbocycles. The summed E-state index contributed by atoms with van der Waals surface area (Å²) < 4.78 is 5.16. The van der Waals surface area contributed by atoms with E-state index in [1.54, 1.807) is 7.11 Å². The quantitative estimate of drug-likeness (QED) is 0.835. The first-order valence-corrected chi connectivity index (χ1v) is 8.36. The molecule has 1 aliphatic carbocycles. The largest absolute Gasteiger partial charge is 0.380 e. The molecule has 0 spiro atoms. The van der Waals surface area contributed by atoms with Gasteiger partial charge in [-0.3, -0.25) is 4.90 Å². The van der Waals surface area contributed by atoms with Crippen molar-refractivity contribution in [2.75, 3.05) is 26.7 Å². The van der Waals surface area contributed by atoms with Crippen molar-refractivity contribution in [1.82, 2.24) is 10.2 Å². The number of hydrogen-bond donors (Lipinski definition) is 1. The van der Waals surface area contributed by atoms with E-state index in [0.29, 0.717) is 6.61 Å². The molecule has 1 saturated heterocycles. The first kappa shape index (κ1) is 15.0. The van der Waals surface area contributed by atoms with Crippen LogP contribution in [0.2, 0.25) is 0 Å². The van der Waals surface area contributed by atoms with E-state index in [-0.39, 0.29) is 0 Å². The maximum absolute atomic E-state index is 5.16. The third kappa shape index (κ3) is 4.80. The second-order valence-corrected chi connectivity index (χ2v) is 6.65. The van der Waals surface area contributed by atoms with E-state index in [0.717, 1.165) is 18.5 Å². The molecule has 1 heterocycles. The fraction of sp³-hybridized carbons (Fsp3) is 0.667. The van der Waals surface area contributed by atoms with Crippen molar-refractivity contribution in [3.8, 4) is 0 Å². The van der Waals surface area contributed by atoms with Crippen LogP contribution in [0.1, 0.15) is 36.8 Å². The Kier molecular flexibility index (Phi) is 5.28. The molecule has 0 atom stereocenters. The molecule has 0 aromatic heterocycles. The number of rotatable bonds is 7. The number of nitrogens with one attached hydrogen (secondary N) is 1. The molecule has 1 aliphatic heterocycles. The summed E-state index contributed by atoms with van der Waals surface area (Å²) in [5.74, 6) is 0.994. The second kappa shape index (κ2) is 7.39. The standard InChI is InChI=1S/C18H28N2O/c1-21-14-17-6-4-16(5-7-17)13-20-10-8-18(9-11-20)19-12-15-2-3-15/h4-7,15,18-19H,2-3,8-14H2,1H3. The van der Waals surface area contributed by atoms with E-state index in [4.69, 9.17) is 4.74 Å². The molecule has 21 heavy (non-hydrogen) atoms. The Bertz CT molecular complexity index is 419. The van der Waals surface area contributed by atoms with Gasteiger partial charge in [-0.05, 0) is 62.4 Å². The molecule has 2 aliphatic rings. The van der Waals surface area contributed by atoms with E-state index in [1.165, 1.54) is 56.4 Å². The lowest BCUT2D eigenvalue weighted by Crippen LogP contribution is -2.42. The molecule has 1 N–H and O–H groups in total. The highest BCUT2D eigenvalue weighted by atomic mass is 16.5. The summed E-state index contributed by atoms with van der Waals surface area (Å²) in [5.41, 5.74) is 2.67. The van der Waals surface area contributed by atoms with Crippen molar-refractivity contribution in [2.45, 2.75) is 44.9 Å². The van der Waals surface area contributed by atoms with Gasteiger partial charge in [-0.15, -0.1) is 0 Å². The summed E-state index contributed by atoms with van der Waals surface area (Å²) in [6.07, 6.45) is 5.50. The zero-order chi connectivity index (χ0) is 14.5. The van der Waals surface area contributed by atoms with Crippen LogP contribution in [0.15, 0.2) is 24.3 Å².